The number of carbonyl (C=O) groups excluding carboxylic acids is 2. The highest BCUT2D eigenvalue weighted by molar-refractivity contribution is 5.83. The van der Waals surface area contributed by atoms with E-state index in [9.17, 15) is 9.59 Å². The average Bonchev–Trinajstić information content (AvgIpc) is 2.94. The van der Waals surface area contributed by atoms with Crippen molar-refractivity contribution in [1.29, 1.82) is 0 Å². The van der Waals surface area contributed by atoms with Gasteiger partial charge in [-0.3, -0.25) is 4.79 Å². The number of rotatable bonds is 7. The van der Waals surface area contributed by atoms with E-state index >= 15 is 0 Å². The number of alkyl carbamates (subject to hydrolysis) is 1. The van der Waals surface area contributed by atoms with Crippen molar-refractivity contribution < 1.29 is 18.7 Å². The number of nitrogens with zero attached hydrogens (tertiary/aromatic N) is 1. The highest BCUT2D eigenvalue weighted by Gasteiger charge is 2.18. The molecule has 1 aromatic heterocycles. The highest BCUT2D eigenvalue weighted by atomic mass is 16.6. The summed E-state index contributed by atoms with van der Waals surface area (Å²) in [5.41, 5.74) is 1.40. The van der Waals surface area contributed by atoms with Gasteiger partial charge in [0.15, 0.2) is 0 Å². The Kier molecular flexibility index (Phi) is 6.88. The van der Waals surface area contributed by atoms with Gasteiger partial charge in [-0.05, 0) is 33.3 Å². The Morgan fingerprint density at radius 2 is 1.93 bits per heavy atom. The topological polar surface area (TPSA) is 71.8 Å². The van der Waals surface area contributed by atoms with Gasteiger partial charge >= 0.3 is 6.09 Å². The number of hydrogen-bond donors (Lipinski definition) is 1. The average molecular weight is 374 g/mol. The molecular formula is C21H30N2O4. The molecule has 2 rings (SSSR count). The van der Waals surface area contributed by atoms with Gasteiger partial charge in [0.2, 0.25) is 5.91 Å². The van der Waals surface area contributed by atoms with Crippen LogP contribution in [-0.4, -0.2) is 36.1 Å². The smallest absolute Gasteiger partial charge is 0.407 e. The Morgan fingerprint density at radius 3 is 2.59 bits per heavy atom. The molecule has 0 aliphatic rings. The van der Waals surface area contributed by atoms with Crippen LogP contribution in [0.25, 0.3) is 11.0 Å². The maximum Gasteiger partial charge on any atom is 0.407 e. The van der Waals surface area contributed by atoms with Crippen molar-refractivity contribution in [2.75, 3.05) is 13.6 Å². The van der Waals surface area contributed by atoms with E-state index in [0.717, 1.165) is 28.7 Å². The first-order chi connectivity index (χ1) is 12.7. The summed E-state index contributed by atoms with van der Waals surface area (Å²) in [7, 11) is 1.80. The predicted octanol–water partition coefficient (Wildman–Crippen LogP) is 4.26. The van der Waals surface area contributed by atoms with E-state index in [1.54, 1.807) is 11.9 Å². The lowest BCUT2D eigenvalue weighted by molar-refractivity contribution is -0.130. The second-order valence-corrected chi connectivity index (χ2v) is 7.64. The minimum Gasteiger partial charge on any atom is -0.461 e. The third-order valence-corrected chi connectivity index (χ3v) is 4.16. The first-order valence-corrected chi connectivity index (χ1v) is 9.41. The Morgan fingerprint density at radius 1 is 1.22 bits per heavy atom. The van der Waals surface area contributed by atoms with Gasteiger partial charge in [-0.15, -0.1) is 0 Å². The standard InChI is InChI=1S/C21H30N2O4/c1-6-17-16(15-10-7-8-11-18(15)26-17)14-23(5)19(24)12-9-13-22-20(25)27-21(2,3)4/h7-8,10-11H,6,9,12-14H2,1-5H3,(H,22,25). The van der Waals surface area contributed by atoms with Crippen molar-refractivity contribution in [2.24, 2.45) is 0 Å². The van der Waals surface area contributed by atoms with Gasteiger partial charge in [0, 0.05) is 43.9 Å². The molecule has 2 aromatic rings. The van der Waals surface area contributed by atoms with Gasteiger partial charge < -0.3 is 19.4 Å². The molecule has 2 amide bonds. The molecule has 0 bridgehead atoms. The molecule has 0 radical (unpaired) electrons. The summed E-state index contributed by atoms with van der Waals surface area (Å²) >= 11 is 0. The maximum absolute atomic E-state index is 12.4. The number of benzene rings is 1. The zero-order valence-corrected chi connectivity index (χ0v) is 16.9. The minimum atomic E-state index is -0.523. The zero-order chi connectivity index (χ0) is 20.0. The van der Waals surface area contributed by atoms with Crippen LogP contribution >= 0.6 is 0 Å². The maximum atomic E-state index is 12.4. The van der Waals surface area contributed by atoms with Crippen LogP contribution < -0.4 is 5.32 Å². The van der Waals surface area contributed by atoms with Gasteiger partial charge in [-0.1, -0.05) is 25.1 Å². The number of aryl methyl sites for hydroxylation is 1. The third kappa shape index (κ3) is 6.01. The van der Waals surface area contributed by atoms with Crippen molar-refractivity contribution in [3.63, 3.8) is 0 Å². The molecule has 0 spiro atoms. The molecule has 6 heteroatoms. The predicted molar refractivity (Wildman–Crippen MR) is 106 cm³/mol. The fraction of sp³-hybridized carbons (Fsp3) is 0.524. The molecule has 0 unspecified atom stereocenters. The van der Waals surface area contributed by atoms with E-state index in [1.165, 1.54) is 0 Å². The molecule has 0 saturated heterocycles. The van der Waals surface area contributed by atoms with E-state index in [4.69, 9.17) is 9.15 Å². The second kappa shape index (κ2) is 8.93. The molecular weight excluding hydrogens is 344 g/mol. The van der Waals surface area contributed by atoms with Gasteiger partial charge in [-0.25, -0.2) is 4.79 Å². The van der Waals surface area contributed by atoms with Gasteiger partial charge in [-0.2, -0.15) is 0 Å². The molecule has 0 saturated carbocycles. The lowest BCUT2D eigenvalue weighted by atomic mass is 10.1. The summed E-state index contributed by atoms with van der Waals surface area (Å²) in [4.78, 5) is 25.7. The van der Waals surface area contributed by atoms with Crippen LogP contribution in [0.15, 0.2) is 28.7 Å². The number of nitrogens with one attached hydrogen (secondary N) is 1. The lowest BCUT2D eigenvalue weighted by Gasteiger charge is -2.20. The van der Waals surface area contributed by atoms with E-state index in [0.29, 0.717) is 25.9 Å². The summed E-state index contributed by atoms with van der Waals surface area (Å²) in [6, 6.07) is 7.89. The monoisotopic (exact) mass is 374 g/mol. The Balaban J connectivity index is 1.85. The van der Waals surface area contributed by atoms with Crippen molar-refractivity contribution in [3.8, 4) is 0 Å². The normalized spacial score (nSPS) is 11.4. The van der Waals surface area contributed by atoms with Crippen molar-refractivity contribution in [1.82, 2.24) is 10.2 Å². The summed E-state index contributed by atoms with van der Waals surface area (Å²) < 4.78 is 11.1. The minimum absolute atomic E-state index is 0.0355. The number of ether oxygens (including phenoxy) is 1. The summed E-state index contributed by atoms with van der Waals surface area (Å²) in [5.74, 6) is 0.954. The summed E-state index contributed by atoms with van der Waals surface area (Å²) in [5, 5.41) is 3.73. The van der Waals surface area contributed by atoms with Crippen LogP contribution in [0.3, 0.4) is 0 Å². The summed E-state index contributed by atoms with van der Waals surface area (Å²) in [6.07, 6.45) is 1.26. The Bertz CT molecular complexity index is 789. The van der Waals surface area contributed by atoms with Crippen LogP contribution in [0.5, 0.6) is 0 Å². The highest BCUT2D eigenvalue weighted by Crippen LogP contribution is 2.27. The fourth-order valence-corrected chi connectivity index (χ4v) is 2.87. The van der Waals surface area contributed by atoms with E-state index in [1.807, 2.05) is 52.0 Å². The van der Waals surface area contributed by atoms with Crippen molar-refractivity contribution in [2.45, 2.75) is 59.1 Å². The van der Waals surface area contributed by atoms with Gasteiger partial charge in [0.1, 0.15) is 16.9 Å². The molecule has 0 atom stereocenters. The Labute approximate surface area is 160 Å². The molecule has 1 N–H and O–H groups in total. The third-order valence-electron chi connectivity index (χ3n) is 4.16. The van der Waals surface area contributed by atoms with Crippen LogP contribution in [-0.2, 0) is 22.5 Å². The number of para-hydroxylation sites is 1. The van der Waals surface area contributed by atoms with Crippen molar-refractivity contribution >= 4 is 23.0 Å². The van der Waals surface area contributed by atoms with Crippen LogP contribution in [0, 0.1) is 0 Å². The van der Waals surface area contributed by atoms with Gasteiger partial charge in [0.25, 0.3) is 0 Å². The zero-order valence-electron chi connectivity index (χ0n) is 16.9. The largest absolute Gasteiger partial charge is 0.461 e. The van der Waals surface area contributed by atoms with Crippen LogP contribution in [0.1, 0.15) is 51.9 Å². The number of carbonyl (C=O) groups is 2. The molecule has 148 valence electrons. The molecule has 6 nitrogen and oxygen atoms in total. The van der Waals surface area contributed by atoms with E-state index in [-0.39, 0.29) is 5.91 Å². The first-order valence-electron chi connectivity index (χ1n) is 9.41. The number of hydrogen-bond acceptors (Lipinski definition) is 4. The van der Waals surface area contributed by atoms with E-state index < -0.39 is 11.7 Å². The van der Waals surface area contributed by atoms with Gasteiger partial charge in [0.05, 0.1) is 0 Å². The number of fused-ring (bicyclic) bond motifs is 1. The van der Waals surface area contributed by atoms with E-state index in [2.05, 4.69) is 5.32 Å². The quantitative estimate of drug-likeness (QED) is 0.735. The SMILES string of the molecule is CCc1oc2ccccc2c1CN(C)C(=O)CCCNC(=O)OC(C)(C)C. The Hall–Kier alpha value is -2.50. The summed E-state index contributed by atoms with van der Waals surface area (Å²) in [6.45, 7) is 8.41. The fourth-order valence-electron chi connectivity index (χ4n) is 2.87. The number of amides is 2. The lowest BCUT2D eigenvalue weighted by Crippen LogP contribution is -2.33. The van der Waals surface area contributed by atoms with Crippen LogP contribution in [0.2, 0.25) is 0 Å². The van der Waals surface area contributed by atoms with Crippen molar-refractivity contribution in [3.05, 3.63) is 35.6 Å². The number of furan rings is 1. The molecule has 0 fully saturated rings. The molecule has 0 aliphatic heterocycles. The first kappa shape index (κ1) is 20.8. The molecule has 1 aromatic carbocycles. The van der Waals surface area contributed by atoms with Crippen LogP contribution in [0.4, 0.5) is 4.79 Å². The molecule has 1 heterocycles. The molecule has 27 heavy (non-hydrogen) atoms. The second-order valence-electron chi connectivity index (χ2n) is 7.64. The molecule has 0 aliphatic carbocycles.